The van der Waals surface area contributed by atoms with E-state index >= 15 is 0 Å². The lowest BCUT2D eigenvalue weighted by atomic mass is 10.2. The molecule has 0 spiro atoms. The zero-order valence-electron chi connectivity index (χ0n) is 15.1. The molecule has 0 unspecified atom stereocenters. The minimum absolute atomic E-state index is 0.165. The second kappa shape index (κ2) is 9.11. The highest BCUT2D eigenvalue weighted by atomic mass is 35.5. The Hall–Kier alpha value is -2.24. The van der Waals surface area contributed by atoms with Crippen LogP contribution in [0.5, 0.6) is 0 Å². The van der Waals surface area contributed by atoms with Crippen LogP contribution in [0.15, 0.2) is 42.5 Å². The molecule has 7 heteroatoms. The predicted molar refractivity (Wildman–Crippen MR) is 114 cm³/mol. The summed E-state index contributed by atoms with van der Waals surface area (Å²) >= 11 is 11.8. The van der Waals surface area contributed by atoms with E-state index in [1.165, 1.54) is 0 Å². The third-order valence-electron chi connectivity index (χ3n) is 4.25. The average molecular weight is 405 g/mol. The number of H-pyrrole nitrogens is 1. The number of hydrogen-bond acceptors (Lipinski definition) is 4. The summed E-state index contributed by atoms with van der Waals surface area (Å²) in [6.07, 6.45) is 0. The highest BCUT2D eigenvalue weighted by Crippen LogP contribution is 2.24. The van der Waals surface area contributed by atoms with Crippen molar-refractivity contribution < 1.29 is 4.74 Å². The number of aromatic amines is 1. The van der Waals surface area contributed by atoms with Crippen LogP contribution in [0.25, 0.3) is 22.4 Å². The van der Waals surface area contributed by atoms with Crippen molar-refractivity contribution in [2.45, 2.75) is 6.92 Å². The van der Waals surface area contributed by atoms with Crippen molar-refractivity contribution in [3.63, 3.8) is 0 Å². The van der Waals surface area contributed by atoms with Gasteiger partial charge in [0.1, 0.15) is 5.82 Å². The van der Waals surface area contributed by atoms with Crippen molar-refractivity contribution >= 4 is 45.8 Å². The topological polar surface area (TPSA) is 65.0 Å². The summed E-state index contributed by atoms with van der Waals surface area (Å²) in [5.74, 6) is 2.07. The van der Waals surface area contributed by atoms with E-state index in [4.69, 9.17) is 33.3 Å². The first-order valence-electron chi connectivity index (χ1n) is 8.85. The van der Waals surface area contributed by atoms with Crippen molar-refractivity contribution in [2.24, 2.45) is 0 Å². The first-order valence-corrected chi connectivity index (χ1v) is 9.92. The molecule has 0 aliphatic carbocycles. The molecule has 0 aliphatic heterocycles. The third kappa shape index (κ3) is 4.54. The molecule has 0 bridgehead atoms. The van der Waals surface area contributed by atoms with Crippen molar-refractivity contribution in [3.8, 4) is 11.4 Å². The number of nitrogens with zero attached hydrogens (tertiary/aromatic N) is 2. The molecule has 2 aromatic carbocycles. The number of rotatable bonds is 8. The number of anilines is 1. The molecule has 0 radical (unpaired) electrons. The molecule has 0 fully saturated rings. The van der Waals surface area contributed by atoms with E-state index in [-0.39, 0.29) is 5.90 Å². The van der Waals surface area contributed by atoms with E-state index in [0.29, 0.717) is 18.4 Å². The lowest BCUT2D eigenvalue weighted by Gasteiger charge is -2.22. The maximum atomic E-state index is 7.93. The Morgan fingerprint density at radius 2 is 1.81 bits per heavy atom. The van der Waals surface area contributed by atoms with Crippen LogP contribution >= 0.6 is 23.2 Å². The van der Waals surface area contributed by atoms with Crippen molar-refractivity contribution in [1.82, 2.24) is 9.97 Å². The molecule has 0 saturated heterocycles. The first-order chi connectivity index (χ1) is 13.2. The number of hydrogen-bond donors (Lipinski definition) is 2. The van der Waals surface area contributed by atoms with Crippen molar-refractivity contribution in [3.05, 3.63) is 48.0 Å². The summed E-state index contributed by atoms with van der Waals surface area (Å²) in [6, 6.07) is 13.8. The first kappa shape index (κ1) is 19.5. The highest BCUT2D eigenvalue weighted by Gasteiger charge is 2.10. The molecule has 1 heterocycles. The molecule has 0 aliphatic rings. The zero-order valence-corrected chi connectivity index (χ0v) is 16.6. The second-order valence-electron chi connectivity index (χ2n) is 5.99. The van der Waals surface area contributed by atoms with E-state index in [0.717, 1.165) is 46.8 Å². The summed E-state index contributed by atoms with van der Waals surface area (Å²) in [5.41, 5.74) is 4.54. The van der Waals surface area contributed by atoms with E-state index in [1.54, 1.807) is 0 Å². The smallest absolute Gasteiger partial charge is 0.213 e. The maximum Gasteiger partial charge on any atom is 0.213 e. The van der Waals surface area contributed by atoms with E-state index < -0.39 is 0 Å². The Kier molecular flexibility index (Phi) is 6.58. The van der Waals surface area contributed by atoms with Gasteiger partial charge < -0.3 is 14.6 Å². The number of nitrogens with one attached hydrogen (secondary N) is 2. The quantitative estimate of drug-likeness (QED) is 0.319. The van der Waals surface area contributed by atoms with Gasteiger partial charge in [0.05, 0.1) is 17.6 Å². The van der Waals surface area contributed by atoms with Crippen LogP contribution < -0.4 is 4.90 Å². The normalized spacial score (nSPS) is 10.9. The van der Waals surface area contributed by atoms with Crippen LogP contribution in [0.1, 0.15) is 12.5 Å². The summed E-state index contributed by atoms with van der Waals surface area (Å²) in [7, 11) is 0. The van der Waals surface area contributed by atoms with Crippen LogP contribution in [-0.4, -0.2) is 47.3 Å². The van der Waals surface area contributed by atoms with Gasteiger partial charge in [-0.05, 0) is 49.4 Å². The number of alkyl halides is 2. The molecule has 0 atom stereocenters. The van der Waals surface area contributed by atoms with Crippen LogP contribution in [0.3, 0.4) is 0 Å². The van der Waals surface area contributed by atoms with Gasteiger partial charge in [0.25, 0.3) is 0 Å². The Labute approximate surface area is 168 Å². The van der Waals surface area contributed by atoms with Crippen LogP contribution in [0.2, 0.25) is 0 Å². The Morgan fingerprint density at radius 1 is 1.11 bits per heavy atom. The molecule has 5 nitrogen and oxygen atoms in total. The van der Waals surface area contributed by atoms with Gasteiger partial charge in [-0.25, -0.2) is 4.98 Å². The van der Waals surface area contributed by atoms with Gasteiger partial charge in [0, 0.05) is 41.7 Å². The number of aromatic nitrogens is 2. The lowest BCUT2D eigenvalue weighted by Crippen LogP contribution is -2.27. The Balaban J connectivity index is 1.85. The van der Waals surface area contributed by atoms with Crippen molar-refractivity contribution in [1.29, 1.82) is 5.41 Å². The fraction of sp³-hybridized carbons (Fsp3) is 0.300. The average Bonchev–Trinajstić information content (AvgIpc) is 3.11. The predicted octanol–water partition coefficient (Wildman–Crippen LogP) is 4.88. The van der Waals surface area contributed by atoms with Gasteiger partial charge in [-0.15, -0.1) is 23.2 Å². The summed E-state index contributed by atoms with van der Waals surface area (Å²) in [5, 5.41) is 7.93. The second-order valence-corrected chi connectivity index (χ2v) is 6.75. The Bertz CT molecular complexity index is 902. The van der Waals surface area contributed by atoms with Gasteiger partial charge in [0.2, 0.25) is 5.90 Å². The number of imidazole rings is 1. The molecule has 2 N–H and O–H groups in total. The minimum atomic E-state index is 0.165. The Morgan fingerprint density at radius 3 is 2.44 bits per heavy atom. The number of halogens is 2. The molecule has 3 rings (SSSR count). The number of fused-ring (bicyclic) bond motifs is 1. The monoisotopic (exact) mass is 404 g/mol. The molecular weight excluding hydrogens is 383 g/mol. The molecule has 0 amide bonds. The molecular formula is C20H22Cl2N4O. The standard InChI is InChI=1S/C20H22Cl2N4O/c1-2-27-19(23)15-5-8-17-18(13-15)25-20(24-17)14-3-6-16(7-4-14)26(11-9-21)12-10-22/h3-8,13,23H,2,9-12H2,1H3,(H,24,25). The van der Waals surface area contributed by atoms with E-state index in [2.05, 4.69) is 27.0 Å². The minimum Gasteiger partial charge on any atom is -0.478 e. The SMILES string of the molecule is CCOC(=N)c1ccc2nc(-c3ccc(N(CCCl)CCCl)cc3)[nH]c2c1. The molecule has 27 heavy (non-hydrogen) atoms. The van der Waals surface area contributed by atoms with Crippen molar-refractivity contribution in [2.75, 3.05) is 36.4 Å². The van der Waals surface area contributed by atoms with E-state index in [1.807, 2.05) is 37.3 Å². The fourth-order valence-corrected chi connectivity index (χ4v) is 3.33. The third-order valence-corrected chi connectivity index (χ3v) is 4.59. The van der Waals surface area contributed by atoms with Gasteiger partial charge in [-0.1, -0.05) is 0 Å². The number of benzene rings is 2. The summed E-state index contributed by atoms with van der Waals surface area (Å²) in [6.45, 7) is 3.86. The van der Waals surface area contributed by atoms with Gasteiger partial charge >= 0.3 is 0 Å². The van der Waals surface area contributed by atoms with Gasteiger partial charge in [-0.3, -0.25) is 5.41 Å². The van der Waals surface area contributed by atoms with Gasteiger partial charge in [-0.2, -0.15) is 0 Å². The summed E-state index contributed by atoms with van der Waals surface area (Å²) in [4.78, 5) is 10.1. The largest absolute Gasteiger partial charge is 0.478 e. The molecule has 0 saturated carbocycles. The molecule has 3 aromatic rings. The molecule has 142 valence electrons. The van der Waals surface area contributed by atoms with Crippen LogP contribution in [0, 0.1) is 5.41 Å². The number of ether oxygens (including phenoxy) is 1. The fourth-order valence-electron chi connectivity index (χ4n) is 2.92. The zero-order chi connectivity index (χ0) is 19.2. The summed E-state index contributed by atoms with van der Waals surface area (Å²) < 4.78 is 5.27. The van der Waals surface area contributed by atoms with Crippen LogP contribution in [-0.2, 0) is 4.74 Å². The van der Waals surface area contributed by atoms with Crippen LogP contribution in [0.4, 0.5) is 5.69 Å². The maximum absolute atomic E-state index is 7.93. The van der Waals surface area contributed by atoms with Gasteiger partial charge in [0.15, 0.2) is 0 Å². The van der Waals surface area contributed by atoms with E-state index in [9.17, 15) is 0 Å². The lowest BCUT2D eigenvalue weighted by molar-refractivity contribution is 0.325. The highest BCUT2D eigenvalue weighted by molar-refractivity contribution is 6.18. The molecule has 1 aromatic heterocycles.